The fourth-order valence-electron chi connectivity index (χ4n) is 2.96. The summed E-state index contributed by atoms with van der Waals surface area (Å²) in [5, 5.41) is 2.92. The molecular weight excluding hydrogens is 253 g/mol. The average Bonchev–Trinajstić information content (AvgIpc) is 2.16. The molecule has 1 aromatic rings. The minimum absolute atomic E-state index is 0.837. The van der Waals surface area contributed by atoms with Crippen LogP contribution in [0.15, 0.2) is 30.3 Å². The van der Waals surface area contributed by atoms with E-state index in [9.17, 15) is 0 Å². The van der Waals surface area contributed by atoms with Gasteiger partial charge in [-0.25, -0.2) is 0 Å². The van der Waals surface area contributed by atoms with Crippen LogP contribution in [0.25, 0.3) is 0 Å². The monoisotopic (exact) mass is 280 g/mol. The predicted octanol–water partition coefficient (Wildman–Crippen LogP) is 4.28. The molecule has 0 aliphatic carbocycles. The Bertz CT molecular complexity index is 290. The van der Waals surface area contributed by atoms with E-state index in [2.05, 4.69) is 63.8 Å². The topological polar surface area (TPSA) is 0 Å². The number of benzene rings is 1. The van der Waals surface area contributed by atoms with Crippen molar-refractivity contribution >= 4 is 17.7 Å². The molecule has 90 valence electrons. The van der Waals surface area contributed by atoms with Crippen LogP contribution in [-0.4, -0.2) is 13.3 Å². The van der Waals surface area contributed by atoms with Crippen LogP contribution in [0.3, 0.4) is 0 Å². The van der Waals surface area contributed by atoms with E-state index in [1.54, 1.807) is 4.40 Å². The Kier molecular flexibility index (Phi) is 5.10. The summed E-state index contributed by atoms with van der Waals surface area (Å²) in [5.74, 6) is 4.28. The fourth-order valence-corrected chi connectivity index (χ4v) is 14.0. The van der Waals surface area contributed by atoms with Crippen LogP contribution in [0, 0.1) is 11.8 Å². The van der Waals surface area contributed by atoms with Crippen molar-refractivity contribution in [1.82, 2.24) is 0 Å². The second-order valence-electron chi connectivity index (χ2n) is 6.12. The van der Waals surface area contributed by atoms with Gasteiger partial charge < -0.3 is 0 Å². The number of hydrogen-bond acceptors (Lipinski definition) is 0. The zero-order valence-corrected chi connectivity index (χ0v) is 13.6. The van der Waals surface area contributed by atoms with Crippen LogP contribution < -0.4 is 4.40 Å². The first-order chi connectivity index (χ1) is 7.44. The Morgan fingerprint density at radius 3 is 1.69 bits per heavy atom. The summed E-state index contributed by atoms with van der Waals surface area (Å²) in [6.07, 6.45) is 0. The summed E-state index contributed by atoms with van der Waals surface area (Å²) >= 11 is -1.81. The molecule has 1 heteroatoms. The van der Waals surface area contributed by atoms with Crippen LogP contribution in [0.5, 0.6) is 0 Å². The molecule has 1 rings (SSSR count). The van der Waals surface area contributed by atoms with Gasteiger partial charge in [0.05, 0.1) is 0 Å². The first-order valence-corrected chi connectivity index (χ1v) is 12.6. The number of hydrogen-bond donors (Lipinski definition) is 0. The van der Waals surface area contributed by atoms with E-state index in [0.717, 1.165) is 11.8 Å². The molecule has 16 heavy (non-hydrogen) atoms. The molecule has 0 bridgehead atoms. The molecule has 1 aromatic carbocycles. The van der Waals surface area contributed by atoms with E-state index in [1.165, 1.54) is 10.5 Å². The van der Waals surface area contributed by atoms with Crippen molar-refractivity contribution in [3.05, 3.63) is 30.3 Å². The third-order valence-corrected chi connectivity index (χ3v) is 14.0. The quantitative estimate of drug-likeness (QED) is 0.705. The van der Waals surface area contributed by atoms with E-state index < -0.39 is 13.3 Å². The van der Waals surface area contributed by atoms with Gasteiger partial charge in [0.25, 0.3) is 0 Å². The molecule has 0 fully saturated rings. The standard InChI is InChI=1S/C15H26Ge/c1-13(2)11-16(5,12-14(3)4)15-9-7-6-8-10-15/h6-10,13-14H,11-12H2,1-5H3. The van der Waals surface area contributed by atoms with Crippen LogP contribution in [-0.2, 0) is 0 Å². The van der Waals surface area contributed by atoms with Gasteiger partial charge in [0.1, 0.15) is 0 Å². The van der Waals surface area contributed by atoms with E-state index in [-0.39, 0.29) is 0 Å². The SMILES string of the molecule is CC(C)[CH2][Ge]([CH3])([CH2]C(C)C)[c]1ccccc1. The predicted molar refractivity (Wildman–Crippen MR) is 77.0 cm³/mol. The zero-order chi connectivity index (χ0) is 12.2. The Morgan fingerprint density at radius 2 is 1.31 bits per heavy atom. The minimum atomic E-state index is -1.81. The second-order valence-corrected chi connectivity index (χ2v) is 15.6. The molecule has 0 nitrogen and oxygen atoms in total. The molecule has 0 unspecified atom stereocenters. The van der Waals surface area contributed by atoms with Crippen molar-refractivity contribution < 1.29 is 0 Å². The van der Waals surface area contributed by atoms with Crippen molar-refractivity contribution in [3.8, 4) is 0 Å². The maximum atomic E-state index is 2.61. The maximum absolute atomic E-state index is 2.61. The molecular formula is C15H26Ge. The normalized spacial score (nSPS) is 12.4. The molecule has 0 heterocycles. The number of rotatable bonds is 5. The van der Waals surface area contributed by atoms with Crippen molar-refractivity contribution in [3.63, 3.8) is 0 Å². The molecule has 0 spiro atoms. The van der Waals surface area contributed by atoms with Gasteiger partial charge in [0.15, 0.2) is 0 Å². The van der Waals surface area contributed by atoms with Gasteiger partial charge in [0.2, 0.25) is 0 Å². The fraction of sp³-hybridized carbons (Fsp3) is 0.600. The van der Waals surface area contributed by atoms with Crippen molar-refractivity contribution in [2.75, 3.05) is 0 Å². The molecule has 0 amide bonds. The summed E-state index contributed by atoms with van der Waals surface area (Å²) in [4.78, 5) is 0. The van der Waals surface area contributed by atoms with Gasteiger partial charge >= 0.3 is 104 Å². The Labute approximate surface area is 104 Å². The first-order valence-electron chi connectivity index (χ1n) is 6.49. The third-order valence-electron chi connectivity index (χ3n) is 3.19. The molecule has 0 aliphatic heterocycles. The zero-order valence-electron chi connectivity index (χ0n) is 11.5. The van der Waals surface area contributed by atoms with Crippen LogP contribution in [0.1, 0.15) is 27.7 Å². The van der Waals surface area contributed by atoms with Gasteiger partial charge in [0, 0.05) is 0 Å². The van der Waals surface area contributed by atoms with E-state index in [0.29, 0.717) is 0 Å². The molecule has 0 aromatic heterocycles. The van der Waals surface area contributed by atoms with E-state index in [1.807, 2.05) is 0 Å². The van der Waals surface area contributed by atoms with Crippen LogP contribution in [0.2, 0.25) is 16.3 Å². The van der Waals surface area contributed by atoms with Gasteiger partial charge in [-0.15, -0.1) is 0 Å². The van der Waals surface area contributed by atoms with E-state index in [4.69, 9.17) is 0 Å². The summed E-state index contributed by atoms with van der Waals surface area (Å²) in [6.45, 7) is 9.47. The molecule has 0 saturated carbocycles. The molecule has 0 saturated heterocycles. The average molecular weight is 279 g/mol. The second kappa shape index (κ2) is 5.90. The molecule has 0 atom stereocenters. The van der Waals surface area contributed by atoms with Gasteiger partial charge in [-0.3, -0.25) is 0 Å². The summed E-state index contributed by atoms with van der Waals surface area (Å²) < 4.78 is 1.69. The van der Waals surface area contributed by atoms with Crippen molar-refractivity contribution in [2.45, 2.75) is 44.0 Å². The van der Waals surface area contributed by atoms with Crippen molar-refractivity contribution in [1.29, 1.82) is 0 Å². The van der Waals surface area contributed by atoms with Gasteiger partial charge in [-0.1, -0.05) is 0 Å². The molecule has 0 radical (unpaired) electrons. The van der Waals surface area contributed by atoms with Crippen LogP contribution in [0.4, 0.5) is 0 Å². The third kappa shape index (κ3) is 3.97. The van der Waals surface area contributed by atoms with E-state index >= 15 is 0 Å². The van der Waals surface area contributed by atoms with Crippen molar-refractivity contribution in [2.24, 2.45) is 11.8 Å². The summed E-state index contributed by atoms with van der Waals surface area (Å²) in [6, 6.07) is 11.3. The Hall–Kier alpha value is -0.237. The van der Waals surface area contributed by atoms with Gasteiger partial charge in [-0.05, 0) is 0 Å². The summed E-state index contributed by atoms with van der Waals surface area (Å²) in [7, 11) is 0. The first kappa shape index (κ1) is 13.8. The van der Waals surface area contributed by atoms with Gasteiger partial charge in [-0.2, -0.15) is 0 Å². The molecule has 0 aliphatic rings. The van der Waals surface area contributed by atoms with Crippen LogP contribution >= 0.6 is 0 Å². The molecule has 0 N–H and O–H groups in total. The Balaban J connectivity index is 2.95. The Morgan fingerprint density at radius 1 is 0.875 bits per heavy atom. The summed E-state index contributed by atoms with van der Waals surface area (Å²) in [5.41, 5.74) is 0.